The van der Waals surface area contributed by atoms with Gasteiger partial charge < -0.3 is 4.42 Å². The van der Waals surface area contributed by atoms with Crippen LogP contribution in [0.25, 0.3) is 67.2 Å². The molecule has 0 aliphatic rings. The molecule has 0 spiro atoms. The lowest BCUT2D eigenvalue weighted by Crippen LogP contribution is -1.95. The highest BCUT2D eigenvalue weighted by molar-refractivity contribution is 6.07. The minimum absolute atomic E-state index is 0.630. The number of fused-ring (bicyclic) bond motifs is 3. The first-order valence-corrected chi connectivity index (χ1v) is 12.1. The number of hydrogen-bond acceptors (Lipinski definition) is 5. The van der Waals surface area contributed by atoms with Gasteiger partial charge in [0.15, 0.2) is 11.4 Å². The highest BCUT2D eigenvalue weighted by atomic mass is 16.3. The summed E-state index contributed by atoms with van der Waals surface area (Å²) in [5.41, 5.74) is 8.54. The lowest BCUT2D eigenvalue weighted by molar-refractivity contribution is 0.667. The van der Waals surface area contributed by atoms with Gasteiger partial charge in [-0.15, -0.1) is 0 Å². The van der Waals surface area contributed by atoms with Gasteiger partial charge in [-0.3, -0.25) is 9.97 Å². The fourth-order valence-corrected chi connectivity index (χ4v) is 4.67. The predicted octanol–water partition coefficient (Wildman–Crippen LogP) is 7.83. The van der Waals surface area contributed by atoms with E-state index in [9.17, 15) is 0 Å². The second-order valence-electron chi connectivity index (χ2n) is 8.74. The maximum absolute atomic E-state index is 6.24. The molecule has 0 aliphatic heterocycles. The van der Waals surface area contributed by atoms with E-state index >= 15 is 0 Å². The summed E-state index contributed by atoms with van der Waals surface area (Å²) in [6.45, 7) is 0. The number of aromatic nitrogens is 4. The molecular formula is C32H20N4O. The Morgan fingerprint density at radius 3 is 1.84 bits per heavy atom. The van der Waals surface area contributed by atoms with E-state index in [1.807, 2.05) is 103 Å². The fraction of sp³-hybridized carbons (Fsp3) is 0. The van der Waals surface area contributed by atoms with Gasteiger partial charge >= 0.3 is 0 Å². The molecular weight excluding hydrogens is 456 g/mol. The van der Waals surface area contributed by atoms with Crippen molar-refractivity contribution in [3.63, 3.8) is 0 Å². The van der Waals surface area contributed by atoms with Gasteiger partial charge in [-0.25, -0.2) is 9.97 Å². The molecule has 0 bridgehead atoms. The normalized spacial score (nSPS) is 11.2. The van der Waals surface area contributed by atoms with Crippen LogP contribution in [0.15, 0.2) is 126 Å². The van der Waals surface area contributed by atoms with Crippen molar-refractivity contribution in [3.8, 4) is 45.2 Å². The zero-order chi connectivity index (χ0) is 24.6. The Morgan fingerprint density at radius 2 is 1.08 bits per heavy atom. The van der Waals surface area contributed by atoms with Crippen molar-refractivity contribution in [2.24, 2.45) is 0 Å². The van der Waals surface area contributed by atoms with Crippen LogP contribution in [-0.4, -0.2) is 19.9 Å². The van der Waals surface area contributed by atoms with E-state index in [1.54, 1.807) is 12.4 Å². The molecule has 7 aromatic rings. The molecule has 0 N–H and O–H groups in total. The summed E-state index contributed by atoms with van der Waals surface area (Å²) in [6.07, 6.45) is 3.45. The quantitative estimate of drug-likeness (QED) is 0.259. The minimum Gasteiger partial charge on any atom is -0.452 e. The monoisotopic (exact) mass is 476 g/mol. The molecule has 0 saturated carbocycles. The highest BCUT2D eigenvalue weighted by Crippen LogP contribution is 2.36. The molecule has 3 heterocycles. The van der Waals surface area contributed by atoms with E-state index < -0.39 is 0 Å². The molecule has 5 nitrogen and oxygen atoms in total. The van der Waals surface area contributed by atoms with Gasteiger partial charge in [0.1, 0.15) is 16.8 Å². The third kappa shape index (κ3) is 3.74. The van der Waals surface area contributed by atoms with Crippen LogP contribution in [0.1, 0.15) is 0 Å². The first-order valence-electron chi connectivity index (χ1n) is 12.1. The summed E-state index contributed by atoms with van der Waals surface area (Å²) in [7, 11) is 0. The summed E-state index contributed by atoms with van der Waals surface area (Å²) in [5, 5.41) is 0.967. The summed E-state index contributed by atoms with van der Waals surface area (Å²) >= 11 is 0. The van der Waals surface area contributed by atoms with Crippen molar-refractivity contribution in [1.29, 1.82) is 0 Å². The zero-order valence-electron chi connectivity index (χ0n) is 19.7. The summed E-state index contributed by atoms with van der Waals surface area (Å²) in [4.78, 5) is 19.3. The Labute approximate surface area is 213 Å². The number of furan rings is 1. The molecule has 0 radical (unpaired) electrons. The van der Waals surface area contributed by atoms with Gasteiger partial charge in [0.2, 0.25) is 0 Å². The van der Waals surface area contributed by atoms with Crippen LogP contribution in [0.4, 0.5) is 0 Å². The maximum atomic E-state index is 6.24. The first kappa shape index (κ1) is 21.1. The molecule has 0 saturated heterocycles. The van der Waals surface area contributed by atoms with E-state index in [0.717, 1.165) is 55.8 Å². The third-order valence-corrected chi connectivity index (χ3v) is 6.41. The van der Waals surface area contributed by atoms with Crippen molar-refractivity contribution in [1.82, 2.24) is 19.9 Å². The molecule has 0 aliphatic carbocycles. The Morgan fingerprint density at radius 1 is 0.486 bits per heavy atom. The number of para-hydroxylation sites is 1. The molecule has 4 aromatic carbocycles. The Kier molecular flexibility index (Phi) is 5.03. The molecule has 0 fully saturated rings. The average molecular weight is 477 g/mol. The van der Waals surface area contributed by atoms with Crippen LogP contribution in [0.3, 0.4) is 0 Å². The van der Waals surface area contributed by atoms with E-state index in [1.165, 1.54) is 0 Å². The molecule has 0 atom stereocenters. The van der Waals surface area contributed by atoms with E-state index in [4.69, 9.17) is 14.4 Å². The van der Waals surface area contributed by atoms with Crippen LogP contribution in [0, 0.1) is 0 Å². The molecule has 0 amide bonds. The van der Waals surface area contributed by atoms with E-state index in [2.05, 4.69) is 16.0 Å². The van der Waals surface area contributed by atoms with Crippen LogP contribution < -0.4 is 0 Å². The zero-order valence-corrected chi connectivity index (χ0v) is 19.7. The molecule has 3 aromatic heterocycles. The molecule has 0 unspecified atom stereocenters. The van der Waals surface area contributed by atoms with Gasteiger partial charge in [-0.1, -0.05) is 91.0 Å². The van der Waals surface area contributed by atoms with Gasteiger partial charge in [-0.2, -0.15) is 0 Å². The van der Waals surface area contributed by atoms with Crippen molar-refractivity contribution in [2.45, 2.75) is 0 Å². The Balaban J connectivity index is 1.44. The maximum Gasteiger partial charge on any atom is 0.180 e. The van der Waals surface area contributed by atoms with Gasteiger partial charge in [0.05, 0.1) is 11.4 Å². The molecule has 7 rings (SSSR count). The van der Waals surface area contributed by atoms with Crippen molar-refractivity contribution in [2.75, 3.05) is 0 Å². The number of benzene rings is 4. The van der Waals surface area contributed by atoms with Crippen LogP contribution in [0.5, 0.6) is 0 Å². The molecule has 5 heteroatoms. The van der Waals surface area contributed by atoms with Crippen molar-refractivity contribution < 1.29 is 4.42 Å². The average Bonchev–Trinajstić information content (AvgIpc) is 3.36. The third-order valence-electron chi connectivity index (χ3n) is 6.41. The SMILES string of the molecule is c1ccc(-c2nccnc2-c2cccc(-c3nc(-c4ccccc4)c4oc5ccccc5c4n3)c2)cc1. The van der Waals surface area contributed by atoms with Gasteiger partial charge in [0, 0.05) is 40.0 Å². The van der Waals surface area contributed by atoms with Gasteiger partial charge in [-0.05, 0) is 18.2 Å². The summed E-state index contributed by atoms with van der Waals surface area (Å²) in [5.74, 6) is 0.630. The smallest absolute Gasteiger partial charge is 0.180 e. The number of nitrogens with zero attached hydrogens (tertiary/aromatic N) is 4. The largest absolute Gasteiger partial charge is 0.452 e. The molecule has 174 valence electrons. The Hall–Kier alpha value is -5.16. The van der Waals surface area contributed by atoms with E-state index in [-0.39, 0.29) is 0 Å². The van der Waals surface area contributed by atoms with E-state index in [0.29, 0.717) is 11.4 Å². The first-order chi connectivity index (χ1) is 18.3. The number of hydrogen-bond donors (Lipinski definition) is 0. The second kappa shape index (κ2) is 8.81. The van der Waals surface area contributed by atoms with Crippen LogP contribution in [0.2, 0.25) is 0 Å². The van der Waals surface area contributed by atoms with Gasteiger partial charge in [0.25, 0.3) is 0 Å². The predicted molar refractivity (Wildman–Crippen MR) is 147 cm³/mol. The minimum atomic E-state index is 0.630. The van der Waals surface area contributed by atoms with Crippen LogP contribution >= 0.6 is 0 Å². The number of rotatable bonds is 4. The van der Waals surface area contributed by atoms with Crippen molar-refractivity contribution >= 4 is 22.1 Å². The summed E-state index contributed by atoms with van der Waals surface area (Å²) in [6, 6.07) is 36.3. The lowest BCUT2D eigenvalue weighted by Gasteiger charge is -2.10. The molecule has 37 heavy (non-hydrogen) atoms. The topological polar surface area (TPSA) is 64.7 Å². The standard InChI is InChI=1S/C32H20N4O/c1-3-10-21(11-4-1)27-28(34-19-18-33-27)23-14-9-15-24(20-23)32-35-29(22-12-5-2-6-13-22)31-30(36-32)25-16-7-8-17-26(25)37-31/h1-20H. The summed E-state index contributed by atoms with van der Waals surface area (Å²) < 4.78 is 6.24. The van der Waals surface area contributed by atoms with Crippen molar-refractivity contribution in [3.05, 3.63) is 122 Å². The fourth-order valence-electron chi connectivity index (χ4n) is 4.67. The Bertz CT molecular complexity index is 1880. The lowest BCUT2D eigenvalue weighted by atomic mass is 10.0. The second-order valence-corrected chi connectivity index (χ2v) is 8.74. The highest BCUT2D eigenvalue weighted by Gasteiger charge is 2.18. The van der Waals surface area contributed by atoms with Crippen LogP contribution in [-0.2, 0) is 0 Å².